The molecule has 0 aliphatic rings. The summed E-state index contributed by atoms with van der Waals surface area (Å²) in [5, 5.41) is 0. The molecule has 0 unspecified atom stereocenters. The lowest BCUT2D eigenvalue weighted by molar-refractivity contribution is 0.543. The van der Waals surface area contributed by atoms with E-state index in [0.29, 0.717) is 5.57 Å². The highest BCUT2D eigenvalue weighted by Crippen LogP contribution is 1.88. The molecule has 0 N–H and O–H groups in total. The van der Waals surface area contributed by atoms with E-state index in [1.165, 1.54) is 6.08 Å². The molecule has 0 fully saturated rings. The maximum absolute atomic E-state index is 11.3. The van der Waals surface area contributed by atoms with Crippen LogP contribution in [0.25, 0.3) is 0 Å². The quantitative estimate of drug-likeness (QED) is 0.457. The Morgan fingerprint density at radius 1 is 2.00 bits per heavy atom. The fourth-order valence-corrected chi connectivity index (χ4v) is 0.0546. The monoisotopic (exact) mass is 87.1 g/mol. The molecule has 1 heteroatoms. The molecular weight excluding hydrogens is 79.1 g/mol. The average Bonchev–Trinajstić information content (AvgIpc) is 1.65. The van der Waals surface area contributed by atoms with Gasteiger partial charge in [0.2, 0.25) is 0 Å². The predicted molar refractivity (Wildman–Crippen MR) is 25.1 cm³/mol. The van der Waals surface area contributed by atoms with Crippen LogP contribution in [0.1, 0.15) is 6.92 Å². The minimum atomic E-state index is -0.372. The van der Waals surface area contributed by atoms with Crippen LogP contribution in [-0.2, 0) is 0 Å². The standard InChI is InChI=1S/C5H8F/c1-3-5(2)4-6/h3H,1,4H2,2H3. The Bertz CT molecular complexity index is 55.0. The van der Waals surface area contributed by atoms with E-state index in [1.807, 2.05) is 0 Å². The van der Waals surface area contributed by atoms with Crippen LogP contribution in [0.4, 0.5) is 4.39 Å². The molecular formula is C5H8F. The third-order valence-electron chi connectivity index (χ3n) is 0.559. The maximum atomic E-state index is 11.3. The molecule has 6 heavy (non-hydrogen) atoms. The van der Waals surface area contributed by atoms with Crippen molar-refractivity contribution in [3.05, 3.63) is 18.6 Å². The largest absolute Gasteiger partial charge is 0.246 e. The molecule has 0 atom stereocenters. The summed E-state index contributed by atoms with van der Waals surface area (Å²) < 4.78 is 11.3. The zero-order valence-corrected chi connectivity index (χ0v) is 3.87. The van der Waals surface area contributed by atoms with Gasteiger partial charge in [0.1, 0.15) is 6.67 Å². The minimum absolute atomic E-state index is 0.372. The molecule has 0 amide bonds. The van der Waals surface area contributed by atoms with E-state index in [-0.39, 0.29) is 6.67 Å². The summed E-state index contributed by atoms with van der Waals surface area (Å²) >= 11 is 0. The van der Waals surface area contributed by atoms with Gasteiger partial charge in [0.15, 0.2) is 0 Å². The van der Waals surface area contributed by atoms with E-state index in [2.05, 4.69) is 6.92 Å². The van der Waals surface area contributed by atoms with Crippen LogP contribution in [0.3, 0.4) is 0 Å². The van der Waals surface area contributed by atoms with Gasteiger partial charge in [0.25, 0.3) is 0 Å². The van der Waals surface area contributed by atoms with Gasteiger partial charge in [-0.3, -0.25) is 0 Å². The molecule has 0 aliphatic heterocycles. The van der Waals surface area contributed by atoms with Crippen LogP contribution in [-0.4, -0.2) is 6.67 Å². The van der Waals surface area contributed by atoms with Gasteiger partial charge >= 0.3 is 0 Å². The predicted octanol–water partition coefficient (Wildman–Crippen LogP) is 1.74. The molecule has 0 rings (SSSR count). The molecule has 0 saturated heterocycles. The van der Waals surface area contributed by atoms with Crippen molar-refractivity contribution in [2.75, 3.05) is 6.67 Å². The summed E-state index contributed by atoms with van der Waals surface area (Å²) in [6.07, 6.45) is 1.51. The first kappa shape index (κ1) is 5.67. The van der Waals surface area contributed by atoms with Gasteiger partial charge in [-0.05, 0) is 19.4 Å². The normalized spacial score (nSPS) is 12.2. The van der Waals surface area contributed by atoms with Gasteiger partial charge in [-0.15, -0.1) is 0 Å². The Labute approximate surface area is 37.7 Å². The molecule has 0 heterocycles. The first-order valence-corrected chi connectivity index (χ1v) is 1.82. The highest BCUT2D eigenvalue weighted by molar-refractivity contribution is 4.98. The highest BCUT2D eigenvalue weighted by atomic mass is 19.1. The van der Waals surface area contributed by atoms with Gasteiger partial charge in [0, 0.05) is 0 Å². The van der Waals surface area contributed by atoms with Crippen LogP contribution in [0.5, 0.6) is 0 Å². The minimum Gasteiger partial charge on any atom is -0.246 e. The SMILES string of the molecule is [CH2]C=C(C)CF. The van der Waals surface area contributed by atoms with Crippen LogP contribution in [0, 0.1) is 6.92 Å². The Kier molecular flexibility index (Phi) is 2.73. The average molecular weight is 87.1 g/mol. The number of hydrogen-bond donors (Lipinski definition) is 0. The first-order valence-electron chi connectivity index (χ1n) is 1.82. The Morgan fingerprint density at radius 3 is 2.50 bits per heavy atom. The lowest BCUT2D eigenvalue weighted by Crippen LogP contribution is -1.72. The smallest absolute Gasteiger partial charge is 0.110 e. The Balaban J connectivity index is 3.22. The van der Waals surface area contributed by atoms with E-state index >= 15 is 0 Å². The van der Waals surface area contributed by atoms with Gasteiger partial charge in [0.05, 0.1) is 0 Å². The van der Waals surface area contributed by atoms with E-state index in [9.17, 15) is 4.39 Å². The fourth-order valence-electron chi connectivity index (χ4n) is 0.0546. The van der Waals surface area contributed by atoms with Crippen molar-refractivity contribution in [3.63, 3.8) is 0 Å². The van der Waals surface area contributed by atoms with E-state index in [0.717, 1.165) is 0 Å². The fraction of sp³-hybridized carbons (Fsp3) is 0.400. The summed E-state index contributed by atoms with van der Waals surface area (Å²) in [4.78, 5) is 0. The summed E-state index contributed by atoms with van der Waals surface area (Å²) in [7, 11) is 0. The van der Waals surface area contributed by atoms with Crippen molar-refractivity contribution >= 4 is 0 Å². The van der Waals surface area contributed by atoms with Gasteiger partial charge in [-0.1, -0.05) is 6.08 Å². The van der Waals surface area contributed by atoms with Crippen molar-refractivity contribution < 1.29 is 4.39 Å². The topological polar surface area (TPSA) is 0 Å². The zero-order valence-electron chi connectivity index (χ0n) is 3.87. The number of alkyl halides is 1. The van der Waals surface area contributed by atoms with Crippen LogP contribution in [0.2, 0.25) is 0 Å². The van der Waals surface area contributed by atoms with Crippen molar-refractivity contribution in [2.24, 2.45) is 0 Å². The summed E-state index contributed by atoms with van der Waals surface area (Å²) in [5.41, 5.74) is 0.690. The third-order valence-corrected chi connectivity index (χ3v) is 0.559. The number of rotatable bonds is 1. The van der Waals surface area contributed by atoms with E-state index in [4.69, 9.17) is 0 Å². The number of hydrogen-bond acceptors (Lipinski definition) is 0. The molecule has 0 spiro atoms. The molecule has 0 aromatic carbocycles. The molecule has 0 saturated carbocycles. The Hall–Kier alpha value is -0.330. The summed E-state index contributed by atoms with van der Waals surface area (Å²) in [5.74, 6) is 0. The van der Waals surface area contributed by atoms with Crippen LogP contribution in [0.15, 0.2) is 11.6 Å². The van der Waals surface area contributed by atoms with Crippen LogP contribution < -0.4 is 0 Å². The van der Waals surface area contributed by atoms with Gasteiger partial charge in [-0.25, -0.2) is 4.39 Å². The van der Waals surface area contributed by atoms with Crippen molar-refractivity contribution in [1.82, 2.24) is 0 Å². The molecule has 0 aromatic rings. The lowest BCUT2D eigenvalue weighted by Gasteiger charge is -1.81. The summed E-state index contributed by atoms with van der Waals surface area (Å²) in [6.45, 7) is 4.68. The van der Waals surface area contributed by atoms with E-state index in [1.54, 1.807) is 6.92 Å². The summed E-state index contributed by atoms with van der Waals surface area (Å²) in [6, 6.07) is 0. The number of allylic oxidation sites excluding steroid dienone is 2. The highest BCUT2D eigenvalue weighted by Gasteiger charge is 1.76. The Morgan fingerprint density at radius 2 is 2.50 bits per heavy atom. The molecule has 0 nitrogen and oxygen atoms in total. The van der Waals surface area contributed by atoms with Crippen molar-refractivity contribution in [2.45, 2.75) is 6.92 Å². The molecule has 0 aromatic heterocycles. The second-order valence-corrected chi connectivity index (χ2v) is 1.18. The molecule has 35 valence electrons. The van der Waals surface area contributed by atoms with Crippen molar-refractivity contribution in [1.29, 1.82) is 0 Å². The lowest BCUT2D eigenvalue weighted by atomic mass is 10.3. The zero-order chi connectivity index (χ0) is 4.99. The second kappa shape index (κ2) is 2.88. The van der Waals surface area contributed by atoms with Crippen molar-refractivity contribution in [3.8, 4) is 0 Å². The number of halogens is 1. The maximum Gasteiger partial charge on any atom is 0.110 e. The molecule has 0 bridgehead atoms. The first-order chi connectivity index (χ1) is 2.81. The van der Waals surface area contributed by atoms with Gasteiger partial charge < -0.3 is 0 Å². The van der Waals surface area contributed by atoms with Crippen LogP contribution >= 0.6 is 0 Å². The molecule has 0 aliphatic carbocycles. The molecule has 1 radical (unpaired) electrons. The second-order valence-electron chi connectivity index (χ2n) is 1.18. The van der Waals surface area contributed by atoms with Gasteiger partial charge in [-0.2, -0.15) is 0 Å². The third kappa shape index (κ3) is 1.94. The van der Waals surface area contributed by atoms with E-state index < -0.39 is 0 Å².